The minimum absolute atomic E-state index is 0.0114. The molecule has 1 fully saturated rings. The monoisotopic (exact) mass is 433 g/mol. The van der Waals surface area contributed by atoms with Crippen molar-refractivity contribution in [2.45, 2.75) is 50.6 Å². The van der Waals surface area contributed by atoms with Gasteiger partial charge in [0.05, 0.1) is 6.04 Å². The number of hydrogen-bond donors (Lipinski definition) is 2. The highest BCUT2D eigenvalue weighted by molar-refractivity contribution is 7.09. The topological polar surface area (TPSA) is 71.1 Å². The van der Waals surface area contributed by atoms with Gasteiger partial charge in [0, 0.05) is 30.0 Å². The van der Waals surface area contributed by atoms with Gasteiger partial charge in [-0.05, 0) is 42.9 Å². The van der Waals surface area contributed by atoms with Crippen molar-refractivity contribution in [3.63, 3.8) is 0 Å². The van der Waals surface area contributed by atoms with E-state index in [0.29, 0.717) is 19.3 Å². The van der Waals surface area contributed by atoms with Crippen molar-refractivity contribution in [2.75, 3.05) is 0 Å². The highest BCUT2D eigenvalue weighted by Crippen LogP contribution is 2.30. The summed E-state index contributed by atoms with van der Waals surface area (Å²) in [5.41, 5.74) is 3.15. The van der Waals surface area contributed by atoms with Gasteiger partial charge in [0.1, 0.15) is 5.01 Å². The summed E-state index contributed by atoms with van der Waals surface area (Å²) in [6, 6.07) is 18.7. The largest absolute Gasteiger partial charge is 0.350 e. The first-order chi connectivity index (χ1) is 15.0. The molecule has 5 nitrogen and oxygen atoms in total. The molecule has 1 aliphatic rings. The molecular weight excluding hydrogens is 406 g/mol. The van der Waals surface area contributed by atoms with Gasteiger partial charge in [-0.1, -0.05) is 54.6 Å². The van der Waals surface area contributed by atoms with Crippen LogP contribution in [0, 0.1) is 0 Å². The van der Waals surface area contributed by atoms with Crippen LogP contribution >= 0.6 is 11.3 Å². The summed E-state index contributed by atoms with van der Waals surface area (Å²) in [6.45, 7) is 1.94. The van der Waals surface area contributed by atoms with E-state index < -0.39 is 0 Å². The molecule has 0 radical (unpaired) electrons. The second kappa shape index (κ2) is 9.43. The average Bonchev–Trinajstić information content (AvgIpc) is 3.44. The molecule has 31 heavy (non-hydrogen) atoms. The van der Waals surface area contributed by atoms with Crippen molar-refractivity contribution in [2.24, 2.45) is 0 Å². The summed E-state index contributed by atoms with van der Waals surface area (Å²) in [6.07, 6.45) is 4.73. The Morgan fingerprint density at radius 3 is 2.55 bits per heavy atom. The second-order valence-electron chi connectivity index (χ2n) is 8.23. The van der Waals surface area contributed by atoms with E-state index in [0.717, 1.165) is 17.8 Å². The smallest absolute Gasteiger partial charge is 0.220 e. The minimum atomic E-state index is -0.368. The molecule has 2 aromatic carbocycles. The number of carbonyl (C=O) groups excluding carboxylic acids is 2. The number of rotatable bonds is 8. The maximum absolute atomic E-state index is 12.5. The first kappa shape index (κ1) is 21.2. The standard InChI is InChI=1S/C25H27N3O2S/c1-18(24-26-15-16-31-24)27-22(29)11-13-25(14-12-23(30)28-25)17-19-7-9-21(10-8-19)20-5-3-2-4-6-20/h2-10,15-16,18H,11-14,17H2,1H3,(H,27,29)(H,28,30)/t18-,25+/m0/s1. The summed E-state index contributed by atoms with van der Waals surface area (Å²) < 4.78 is 0. The first-order valence-corrected chi connectivity index (χ1v) is 11.6. The molecule has 1 aliphatic heterocycles. The first-order valence-electron chi connectivity index (χ1n) is 10.7. The van der Waals surface area contributed by atoms with Crippen molar-refractivity contribution < 1.29 is 9.59 Å². The lowest BCUT2D eigenvalue weighted by molar-refractivity contribution is -0.123. The second-order valence-corrected chi connectivity index (χ2v) is 9.15. The predicted molar refractivity (Wildman–Crippen MR) is 124 cm³/mol. The van der Waals surface area contributed by atoms with Gasteiger partial charge in [0.2, 0.25) is 11.8 Å². The Hall–Kier alpha value is -2.99. The van der Waals surface area contributed by atoms with Crippen LogP contribution < -0.4 is 10.6 Å². The van der Waals surface area contributed by atoms with Crippen LogP contribution in [0.2, 0.25) is 0 Å². The summed E-state index contributed by atoms with van der Waals surface area (Å²) in [4.78, 5) is 28.8. The molecule has 2 amide bonds. The zero-order valence-corrected chi connectivity index (χ0v) is 18.5. The van der Waals surface area contributed by atoms with Crippen LogP contribution in [-0.4, -0.2) is 22.3 Å². The highest BCUT2D eigenvalue weighted by Gasteiger charge is 2.37. The van der Waals surface area contributed by atoms with E-state index in [1.165, 1.54) is 28.0 Å². The number of nitrogens with one attached hydrogen (secondary N) is 2. The van der Waals surface area contributed by atoms with Crippen LogP contribution in [0.25, 0.3) is 11.1 Å². The Bertz CT molecular complexity index is 1020. The van der Waals surface area contributed by atoms with Crippen molar-refractivity contribution in [3.05, 3.63) is 76.7 Å². The lowest BCUT2D eigenvalue weighted by Gasteiger charge is -2.29. The van der Waals surface area contributed by atoms with Crippen LogP contribution in [-0.2, 0) is 16.0 Å². The summed E-state index contributed by atoms with van der Waals surface area (Å²) in [7, 11) is 0. The quantitative estimate of drug-likeness (QED) is 0.543. The van der Waals surface area contributed by atoms with Crippen LogP contribution in [0.15, 0.2) is 66.2 Å². The molecule has 0 saturated carbocycles. The normalized spacial score (nSPS) is 19.1. The molecule has 2 atom stereocenters. The molecule has 4 rings (SSSR count). The van der Waals surface area contributed by atoms with Gasteiger partial charge in [-0.15, -0.1) is 11.3 Å². The molecule has 1 saturated heterocycles. The van der Waals surface area contributed by atoms with Crippen LogP contribution in [0.5, 0.6) is 0 Å². The van der Waals surface area contributed by atoms with E-state index in [-0.39, 0.29) is 23.4 Å². The number of carbonyl (C=O) groups is 2. The lowest BCUT2D eigenvalue weighted by atomic mass is 9.84. The fraction of sp³-hybridized carbons (Fsp3) is 0.320. The number of amides is 2. The van der Waals surface area contributed by atoms with E-state index in [1.54, 1.807) is 6.20 Å². The molecule has 2 N–H and O–H groups in total. The van der Waals surface area contributed by atoms with Crippen molar-refractivity contribution in [1.82, 2.24) is 15.6 Å². The maximum Gasteiger partial charge on any atom is 0.220 e. The van der Waals surface area contributed by atoms with E-state index in [4.69, 9.17) is 0 Å². The number of hydrogen-bond acceptors (Lipinski definition) is 4. The van der Waals surface area contributed by atoms with E-state index in [9.17, 15) is 9.59 Å². The Morgan fingerprint density at radius 2 is 1.90 bits per heavy atom. The third kappa shape index (κ3) is 5.39. The fourth-order valence-electron chi connectivity index (χ4n) is 4.19. The van der Waals surface area contributed by atoms with Gasteiger partial charge < -0.3 is 10.6 Å². The zero-order chi connectivity index (χ0) is 21.7. The van der Waals surface area contributed by atoms with Gasteiger partial charge in [0.25, 0.3) is 0 Å². The average molecular weight is 434 g/mol. The summed E-state index contributed by atoms with van der Waals surface area (Å²) in [5.74, 6) is 0.0557. The molecule has 6 heteroatoms. The predicted octanol–water partition coefficient (Wildman–Crippen LogP) is 4.66. The van der Waals surface area contributed by atoms with Gasteiger partial charge in [-0.3, -0.25) is 9.59 Å². The number of nitrogens with zero attached hydrogens (tertiary/aromatic N) is 1. The molecule has 0 unspecified atom stereocenters. The van der Waals surface area contributed by atoms with E-state index in [2.05, 4.69) is 52.0 Å². The number of aromatic nitrogens is 1. The van der Waals surface area contributed by atoms with Gasteiger partial charge in [0.15, 0.2) is 0 Å². The maximum atomic E-state index is 12.5. The summed E-state index contributed by atoms with van der Waals surface area (Å²) >= 11 is 1.53. The van der Waals surface area contributed by atoms with Crippen LogP contribution in [0.4, 0.5) is 0 Å². The van der Waals surface area contributed by atoms with Crippen LogP contribution in [0.3, 0.4) is 0 Å². The van der Waals surface area contributed by atoms with E-state index >= 15 is 0 Å². The van der Waals surface area contributed by atoms with Crippen molar-refractivity contribution >= 4 is 23.2 Å². The zero-order valence-electron chi connectivity index (χ0n) is 17.6. The molecule has 1 aromatic heterocycles. The Balaban J connectivity index is 1.39. The van der Waals surface area contributed by atoms with Gasteiger partial charge in [-0.25, -0.2) is 4.98 Å². The Morgan fingerprint density at radius 1 is 1.16 bits per heavy atom. The Kier molecular flexibility index (Phi) is 6.47. The van der Waals surface area contributed by atoms with Crippen LogP contribution in [0.1, 0.15) is 49.2 Å². The van der Waals surface area contributed by atoms with Crippen molar-refractivity contribution in [1.29, 1.82) is 0 Å². The molecular formula is C25H27N3O2S. The van der Waals surface area contributed by atoms with E-state index in [1.807, 2.05) is 30.5 Å². The highest BCUT2D eigenvalue weighted by atomic mass is 32.1. The molecule has 160 valence electrons. The molecule has 0 bridgehead atoms. The number of benzene rings is 2. The molecule has 2 heterocycles. The fourth-order valence-corrected chi connectivity index (χ4v) is 4.84. The SMILES string of the molecule is C[C@H](NC(=O)CC[C@]1(Cc2ccc(-c3ccccc3)cc2)CCC(=O)N1)c1nccs1. The summed E-state index contributed by atoms with van der Waals surface area (Å²) in [5, 5.41) is 9.00. The number of thiazole rings is 1. The third-order valence-electron chi connectivity index (χ3n) is 5.87. The molecule has 0 spiro atoms. The van der Waals surface area contributed by atoms with Crippen molar-refractivity contribution in [3.8, 4) is 11.1 Å². The third-order valence-corrected chi connectivity index (χ3v) is 6.83. The lowest BCUT2D eigenvalue weighted by Crippen LogP contribution is -2.44. The molecule has 0 aliphatic carbocycles. The van der Waals surface area contributed by atoms with Gasteiger partial charge >= 0.3 is 0 Å². The Labute approximate surface area is 186 Å². The van der Waals surface area contributed by atoms with Gasteiger partial charge in [-0.2, -0.15) is 0 Å². The minimum Gasteiger partial charge on any atom is -0.350 e. The molecule has 3 aromatic rings.